The van der Waals surface area contributed by atoms with E-state index in [4.69, 9.17) is 0 Å². The van der Waals surface area contributed by atoms with Crippen molar-refractivity contribution >= 4 is 11.9 Å². The fraction of sp³-hybridized carbons (Fsp3) is 0.667. The summed E-state index contributed by atoms with van der Waals surface area (Å²) in [4.78, 5) is 20.9. The lowest BCUT2D eigenvalue weighted by molar-refractivity contribution is -0.152. The lowest BCUT2D eigenvalue weighted by atomic mass is 10.4. The van der Waals surface area contributed by atoms with Crippen molar-refractivity contribution in [1.29, 1.82) is 0 Å². The Kier molecular flexibility index (Phi) is 4.28. The number of hydrogen-bond acceptors (Lipinski definition) is 3. The molecule has 0 atom stereocenters. The highest BCUT2D eigenvalue weighted by Gasteiger charge is 2.10. The van der Waals surface area contributed by atoms with Gasteiger partial charge in [-0.25, -0.2) is 4.79 Å². The Morgan fingerprint density at radius 2 is 2.10 bits per heavy atom. The normalized spacial score (nSPS) is 8.60. The highest BCUT2D eigenvalue weighted by Crippen LogP contribution is 1.75. The van der Waals surface area contributed by atoms with Gasteiger partial charge in [0.15, 0.2) is 0 Å². The third kappa shape index (κ3) is 3.06. The van der Waals surface area contributed by atoms with Crippen molar-refractivity contribution in [3.8, 4) is 0 Å². The zero-order chi connectivity index (χ0) is 7.98. The quantitative estimate of drug-likeness (QED) is 0.428. The molecule has 0 aliphatic heterocycles. The Morgan fingerprint density at radius 1 is 1.50 bits per heavy atom. The minimum absolute atomic E-state index is 0.508. The molecule has 0 aromatic heterocycles. The highest BCUT2D eigenvalue weighted by molar-refractivity contribution is 6.32. The molecular formula is C6H11NO3. The zero-order valence-electron chi connectivity index (χ0n) is 6.14. The summed E-state index contributed by atoms with van der Waals surface area (Å²) in [6, 6.07) is 0. The van der Waals surface area contributed by atoms with Gasteiger partial charge < -0.3 is 10.1 Å². The van der Waals surface area contributed by atoms with Crippen LogP contribution in [0.15, 0.2) is 0 Å². The first kappa shape index (κ1) is 8.94. The van der Waals surface area contributed by atoms with Crippen molar-refractivity contribution in [2.24, 2.45) is 0 Å². The van der Waals surface area contributed by atoms with Crippen LogP contribution in [0, 0.1) is 0 Å². The van der Waals surface area contributed by atoms with Crippen LogP contribution in [-0.2, 0) is 14.3 Å². The van der Waals surface area contributed by atoms with Gasteiger partial charge in [-0.05, 0) is 6.42 Å². The van der Waals surface area contributed by atoms with E-state index in [-0.39, 0.29) is 0 Å². The predicted molar refractivity (Wildman–Crippen MR) is 35.3 cm³/mol. The van der Waals surface area contributed by atoms with Gasteiger partial charge in [-0.15, -0.1) is 0 Å². The summed E-state index contributed by atoms with van der Waals surface area (Å²) in [5.74, 6) is -1.52. The molecule has 58 valence electrons. The molecule has 0 heterocycles. The lowest BCUT2D eigenvalue weighted by Crippen LogP contribution is -2.32. The molecule has 0 aromatic rings. The smallest absolute Gasteiger partial charge is 0.396 e. The van der Waals surface area contributed by atoms with E-state index in [1.54, 1.807) is 0 Å². The Bertz CT molecular complexity index is 133. The molecule has 4 nitrogen and oxygen atoms in total. The first-order chi connectivity index (χ1) is 4.72. The van der Waals surface area contributed by atoms with E-state index in [0.29, 0.717) is 6.54 Å². The molecule has 0 rings (SSSR count). The maximum absolute atomic E-state index is 10.5. The average Bonchev–Trinajstić information content (AvgIpc) is 1.98. The number of hydrogen-bond donors (Lipinski definition) is 1. The Morgan fingerprint density at radius 3 is 2.50 bits per heavy atom. The fourth-order valence-electron chi connectivity index (χ4n) is 0.403. The number of rotatable bonds is 2. The average molecular weight is 145 g/mol. The second kappa shape index (κ2) is 4.78. The first-order valence-corrected chi connectivity index (χ1v) is 3.08. The van der Waals surface area contributed by atoms with Crippen molar-refractivity contribution in [2.75, 3.05) is 13.7 Å². The van der Waals surface area contributed by atoms with E-state index in [0.717, 1.165) is 6.42 Å². The molecule has 1 amide bonds. The molecule has 10 heavy (non-hydrogen) atoms. The molecule has 0 spiro atoms. The third-order valence-electron chi connectivity index (χ3n) is 0.906. The third-order valence-corrected chi connectivity index (χ3v) is 0.906. The topological polar surface area (TPSA) is 55.4 Å². The van der Waals surface area contributed by atoms with Crippen LogP contribution in [0.5, 0.6) is 0 Å². The standard InChI is InChI=1S/C6H11NO3/c1-3-4-7-5(8)6(9)10-2/h3-4H2,1-2H3,(H,7,8). The van der Waals surface area contributed by atoms with Crippen LogP contribution >= 0.6 is 0 Å². The van der Waals surface area contributed by atoms with E-state index < -0.39 is 11.9 Å². The molecule has 0 saturated carbocycles. The Balaban J connectivity index is 3.52. The summed E-state index contributed by atoms with van der Waals surface area (Å²) in [6.45, 7) is 2.41. The van der Waals surface area contributed by atoms with Crippen molar-refractivity contribution in [2.45, 2.75) is 13.3 Å². The van der Waals surface area contributed by atoms with Crippen LogP contribution in [0.1, 0.15) is 13.3 Å². The number of methoxy groups -OCH3 is 1. The molecule has 0 bridgehead atoms. The summed E-state index contributed by atoms with van der Waals surface area (Å²) in [5.41, 5.74) is 0. The van der Waals surface area contributed by atoms with Gasteiger partial charge in [0, 0.05) is 6.54 Å². The van der Waals surface area contributed by atoms with Gasteiger partial charge in [-0.3, -0.25) is 4.79 Å². The number of carbonyl (C=O) groups is 2. The predicted octanol–water partition coefficient (Wildman–Crippen LogP) is -0.314. The maximum atomic E-state index is 10.5. The van der Waals surface area contributed by atoms with Crippen molar-refractivity contribution < 1.29 is 14.3 Å². The maximum Gasteiger partial charge on any atom is 0.396 e. The van der Waals surface area contributed by atoms with Crippen LogP contribution in [-0.4, -0.2) is 25.5 Å². The van der Waals surface area contributed by atoms with Gasteiger partial charge in [0.1, 0.15) is 0 Å². The summed E-state index contributed by atoms with van der Waals surface area (Å²) >= 11 is 0. The van der Waals surface area contributed by atoms with Gasteiger partial charge >= 0.3 is 11.9 Å². The zero-order valence-corrected chi connectivity index (χ0v) is 6.14. The molecule has 0 aliphatic carbocycles. The van der Waals surface area contributed by atoms with Gasteiger partial charge in [0.25, 0.3) is 0 Å². The monoisotopic (exact) mass is 145 g/mol. The minimum atomic E-state index is -0.839. The molecule has 0 saturated heterocycles. The number of ether oxygens (including phenoxy) is 1. The lowest BCUT2D eigenvalue weighted by Gasteiger charge is -1.99. The van der Waals surface area contributed by atoms with Crippen molar-refractivity contribution in [1.82, 2.24) is 5.32 Å². The van der Waals surface area contributed by atoms with Crippen LogP contribution in [0.4, 0.5) is 0 Å². The summed E-state index contributed by atoms with van der Waals surface area (Å²) in [5, 5.41) is 2.37. The van der Waals surface area contributed by atoms with E-state index in [1.165, 1.54) is 7.11 Å². The molecule has 0 radical (unpaired) electrons. The van der Waals surface area contributed by atoms with Crippen molar-refractivity contribution in [3.63, 3.8) is 0 Å². The second-order valence-corrected chi connectivity index (χ2v) is 1.75. The molecular weight excluding hydrogens is 134 g/mol. The number of esters is 1. The SMILES string of the molecule is CCCNC(=O)C(=O)OC. The van der Waals surface area contributed by atoms with Crippen LogP contribution in [0.25, 0.3) is 0 Å². The number of nitrogens with one attached hydrogen (secondary N) is 1. The molecule has 0 fully saturated rings. The largest absolute Gasteiger partial charge is 0.462 e. The van der Waals surface area contributed by atoms with Crippen LogP contribution < -0.4 is 5.32 Å². The molecule has 0 unspecified atom stereocenters. The second-order valence-electron chi connectivity index (χ2n) is 1.75. The summed E-state index contributed by atoms with van der Waals surface area (Å²) in [6.07, 6.45) is 0.808. The first-order valence-electron chi connectivity index (χ1n) is 3.08. The van der Waals surface area contributed by atoms with Gasteiger partial charge in [-0.2, -0.15) is 0 Å². The van der Waals surface area contributed by atoms with Crippen LogP contribution in [0.2, 0.25) is 0 Å². The molecule has 1 N–H and O–H groups in total. The van der Waals surface area contributed by atoms with E-state index in [9.17, 15) is 9.59 Å². The van der Waals surface area contributed by atoms with Gasteiger partial charge in [0.2, 0.25) is 0 Å². The van der Waals surface area contributed by atoms with E-state index in [2.05, 4.69) is 10.1 Å². The molecule has 0 aliphatic rings. The summed E-state index contributed by atoms with van der Waals surface area (Å²) < 4.78 is 4.16. The highest BCUT2D eigenvalue weighted by atomic mass is 16.5. The minimum Gasteiger partial charge on any atom is -0.462 e. The molecule has 0 aromatic carbocycles. The van der Waals surface area contributed by atoms with Crippen molar-refractivity contribution in [3.05, 3.63) is 0 Å². The van der Waals surface area contributed by atoms with Crippen LogP contribution in [0.3, 0.4) is 0 Å². The Hall–Kier alpha value is -1.06. The number of carbonyl (C=O) groups excluding carboxylic acids is 2. The van der Waals surface area contributed by atoms with Gasteiger partial charge in [-0.1, -0.05) is 6.92 Å². The van der Waals surface area contributed by atoms with E-state index >= 15 is 0 Å². The van der Waals surface area contributed by atoms with E-state index in [1.807, 2.05) is 6.92 Å². The Labute approximate surface area is 59.6 Å². The number of amides is 1. The summed E-state index contributed by atoms with van der Waals surface area (Å²) in [7, 11) is 1.17. The molecule has 4 heteroatoms. The van der Waals surface area contributed by atoms with Gasteiger partial charge in [0.05, 0.1) is 7.11 Å². The fourth-order valence-corrected chi connectivity index (χ4v) is 0.403.